The molecule has 1 fully saturated rings. The van der Waals surface area contributed by atoms with Crippen molar-refractivity contribution in [1.82, 2.24) is 14.9 Å². The topological polar surface area (TPSA) is 121 Å². The number of hydrogen-bond donors (Lipinski definition) is 4. The monoisotopic (exact) mass is 415 g/mol. The third kappa shape index (κ3) is 4.02. The number of benzene rings is 1. The first kappa shape index (κ1) is 20.3. The molecule has 0 saturated carbocycles. The molecule has 0 spiro atoms. The van der Waals surface area contributed by atoms with Gasteiger partial charge in [-0.1, -0.05) is 24.8 Å². The molecular weight excluding hydrogens is 390 g/mol. The number of aromatic nitrogens is 2. The van der Waals surface area contributed by atoms with Crippen molar-refractivity contribution in [2.45, 2.75) is 11.8 Å². The predicted octanol–water partition coefficient (Wildman–Crippen LogP) is 3.05. The molecule has 7 nitrogen and oxygen atoms in total. The lowest BCUT2D eigenvalue weighted by atomic mass is 9.89. The van der Waals surface area contributed by atoms with Crippen LogP contribution in [-0.2, 0) is 4.79 Å². The summed E-state index contributed by atoms with van der Waals surface area (Å²) in [6.07, 6.45) is 4.83. The number of H-pyrrole nitrogens is 1. The van der Waals surface area contributed by atoms with Gasteiger partial charge in [0.25, 0.3) is 0 Å². The largest absolute Gasteiger partial charge is 0.507 e. The van der Waals surface area contributed by atoms with Gasteiger partial charge in [-0.15, -0.1) is 0 Å². The number of nitrogens with two attached hydrogens (primary N) is 2. The van der Waals surface area contributed by atoms with E-state index in [9.17, 15) is 9.90 Å². The average molecular weight is 415 g/mol. The van der Waals surface area contributed by atoms with Crippen LogP contribution in [-0.4, -0.2) is 39.0 Å². The molecule has 1 amide bonds. The maximum atomic E-state index is 12.3. The fourth-order valence-electron chi connectivity index (χ4n) is 4.11. The highest BCUT2D eigenvalue weighted by Gasteiger charge is 2.38. The second-order valence-corrected chi connectivity index (χ2v) is 7.63. The van der Waals surface area contributed by atoms with Gasteiger partial charge in [0.15, 0.2) is 0 Å². The van der Waals surface area contributed by atoms with Gasteiger partial charge in [-0.2, -0.15) is 0 Å². The Morgan fingerprint density at radius 3 is 2.65 bits per heavy atom. The van der Waals surface area contributed by atoms with Gasteiger partial charge in [0.2, 0.25) is 5.91 Å². The molecule has 31 heavy (non-hydrogen) atoms. The molecule has 0 aliphatic carbocycles. The zero-order chi connectivity index (χ0) is 22.0. The van der Waals surface area contributed by atoms with Crippen molar-refractivity contribution < 1.29 is 9.90 Å². The zero-order valence-electron chi connectivity index (χ0n) is 17.0. The number of rotatable bonds is 5. The van der Waals surface area contributed by atoms with E-state index in [4.69, 9.17) is 11.5 Å². The lowest BCUT2D eigenvalue weighted by Gasteiger charge is -2.16. The number of nitrogen functional groups attached to an aromatic ring is 1. The van der Waals surface area contributed by atoms with E-state index in [1.165, 1.54) is 6.08 Å². The minimum absolute atomic E-state index is 0.00500. The Morgan fingerprint density at radius 1 is 1.19 bits per heavy atom. The fraction of sp³-hybridized carbons (Fsp3) is 0.167. The third-order valence-electron chi connectivity index (χ3n) is 5.70. The molecule has 3 heterocycles. The van der Waals surface area contributed by atoms with Gasteiger partial charge >= 0.3 is 0 Å². The lowest BCUT2D eigenvalue weighted by molar-refractivity contribution is -0.125. The molecule has 0 radical (unpaired) electrons. The van der Waals surface area contributed by atoms with Gasteiger partial charge in [0, 0.05) is 59.3 Å². The Labute approximate surface area is 180 Å². The highest BCUT2D eigenvalue weighted by atomic mass is 16.3. The van der Waals surface area contributed by atoms with Crippen molar-refractivity contribution in [3.8, 4) is 5.75 Å². The third-order valence-corrected chi connectivity index (χ3v) is 5.70. The summed E-state index contributed by atoms with van der Waals surface area (Å²) in [4.78, 5) is 21.8. The van der Waals surface area contributed by atoms with Crippen molar-refractivity contribution in [3.63, 3.8) is 0 Å². The van der Waals surface area contributed by atoms with Crippen LogP contribution < -0.4 is 11.5 Å². The first-order valence-corrected chi connectivity index (χ1v) is 10.0. The van der Waals surface area contributed by atoms with Crippen LogP contribution in [0, 0.1) is 0 Å². The molecule has 1 unspecified atom stereocenters. The summed E-state index contributed by atoms with van der Waals surface area (Å²) in [6, 6.07) is 14.6. The molecule has 7 heteroatoms. The second-order valence-electron chi connectivity index (χ2n) is 7.63. The Bertz CT molecular complexity index is 1140. The van der Waals surface area contributed by atoms with Crippen LogP contribution in [0.15, 0.2) is 67.4 Å². The van der Waals surface area contributed by atoms with Crippen molar-refractivity contribution in [2.75, 3.05) is 18.8 Å². The Morgan fingerprint density at radius 2 is 1.94 bits per heavy atom. The second kappa shape index (κ2) is 8.39. The molecule has 1 aliphatic rings. The summed E-state index contributed by atoms with van der Waals surface area (Å²) in [5.74, 6) is 0.494. The number of para-hydroxylation sites is 1. The van der Waals surface area contributed by atoms with Crippen molar-refractivity contribution in [3.05, 3.63) is 89.9 Å². The number of likely N-dealkylation sites (tertiary alicyclic amines) is 1. The molecule has 1 aliphatic heterocycles. The van der Waals surface area contributed by atoms with E-state index < -0.39 is 0 Å². The number of nitrogens with zero attached hydrogens (tertiary/aromatic N) is 2. The number of anilines is 1. The summed E-state index contributed by atoms with van der Waals surface area (Å²) in [6.45, 7) is 4.69. The molecule has 4 rings (SSSR count). The number of aromatic amines is 1. The molecule has 2 atom stereocenters. The van der Waals surface area contributed by atoms with Crippen molar-refractivity contribution >= 4 is 23.5 Å². The van der Waals surface area contributed by atoms with Gasteiger partial charge in [-0.3, -0.25) is 9.78 Å². The normalized spacial score (nSPS) is 18.8. The molecule has 1 saturated heterocycles. The van der Waals surface area contributed by atoms with Crippen LogP contribution in [0.2, 0.25) is 0 Å². The Balaban J connectivity index is 1.68. The summed E-state index contributed by atoms with van der Waals surface area (Å²) < 4.78 is 0. The van der Waals surface area contributed by atoms with E-state index in [0.717, 1.165) is 17.0 Å². The number of pyridine rings is 1. The number of hydrogen-bond acceptors (Lipinski definition) is 5. The van der Waals surface area contributed by atoms with E-state index >= 15 is 0 Å². The van der Waals surface area contributed by atoms with Gasteiger partial charge in [-0.25, -0.2) is 0 Å². The SMILES string of the molecule is C=CC(=O)N1CC(c2cc(/C=C(\N)c3ccccc3O)c(N)[nH]2)[C@@H](c2ccccn2)C1. The molecule has 1 aromatic carbocycles. The minimum atomic E-state index is -0.105. The quantitative estimate of drug-likeness (QED) is 0.477. The van der Waals surface area contributed by atoms with E-state index in [0.29, 0.717) is 30.2 Å². The maximum Gasteiger partial charge on any atom is 0.245 e. The summed E-state index contributed by atoms with van der Waals surface area (Å²) >= 11 is 0. The lowest BCUT2D eigenvalue weighted by Crippen LogP contribution is -2.26. The Hall–Kier alpha value is -4.00. The maximum absolute atomic E-state index is 12.3. The molecule has 0 bridgehead atoms. The number of amides is 1. The average Bonchev–Trinajstić information content (AvgIpc) is 3.38. The minimum Gasteiger partial charge on any atom is -0.507 e. The van der Waals surface area contributed by atoms with Crippen LogP contribution in [0.1, 0.15) is 34.4 Å². The number of carbonyl (C=O) groups excluding carboxylic acids is 1. The molecule has 6 N–H and O–H groups in total. The molecule has 158 valence electrons. The van der Waals surface area contributed by atoms with Crippen LogP contribution in [0.3, 0.4) is 0 Å². The van der Waals surface area contributed by atoms with E-state index in [2.05, 4.69) is 16.5 Å². The predicted molar refractivity (Wildman–Crippen MR) is 122 cm³/mol. The van der Waals surface area contributed by atoms with E-state index in [-0.39, 0.29) is 23.5 Å². The smallest absolute Gasteiger partial charge is 0.245 e. The van der Waals surface area contributed by atoms with Crippen molar-refractivity contribution in [1.29, 1.82) is 0 Å². The van der Waals surface area contributed by atoms with Crippen LogP contribution >= 0.6 is 0 Å². The number of nitrogens with one attached hydrogen (secondary N) is 1. The first-order valence-electron chi connectivity index (χ1n) is 10.0. The summed E-state index contributed by atoms with van der Waals surface area (Å²) in [7, 11) is 0. The fourth-order valence-corrected chi connectivity index (χ4v) is 4.11. The van der Waals surface area contributed by atoms with Crippen LogP contribution in [0.4, 0.5) is 5.82 Å². The highest BCUT2D eigenvalue weighted by Crippen LogP contribution is 2.40. The van der Waals surface area contributed by atoms with Crippen LogP contribution in [0.25, 0.3) is 11.8 Å². The van der Waals surface area contributed by atoms with E-state index in [1.807, 2.05) is 30.3 Å². The van der Waals surface area contributed by atoms with Gasteiger partial charge in [0.1, 0.15) is 11.6 Å². The molecular formula is C24H25N5O2. The van der Waals surface area contributed by atoms with Gasteiger partial charge < -0.3 is 26.5 Å². The number of aromatic hydroxyl groups is 1. The Kier molecular flexibility index (Phi) is 5.49. The van der Waals surface area contributed by atoms with E-state index in [1.54, 1.807) is 35.4 Å². The summed E-state index contributed by atoms with van der Waals surface area (Å²) in [5, 5.41) is 10.1. The number of phenolic OH excluding ortho intramolecular Hbond substituents is 1. The summed E-state index contributed by atoms with van der Waals surface area (Å²) in [5.41, 5.74) is 16.0. The van der Waals surface area contributed by atoms with Crippen LogP contribution in [0.5, 0.6) is 5.75 Å². The number of carbonyl (C=O) groups is 1. The standard InChI is InChI=1S/C24H25N5O2/c1-2-23(31)29-13-17(20-8-5-6-10-27-20)18(14-29)21-12-15(24(26)28-21)11-19(25)16-7-3-4-9-22(16)30/h2-12,17-18,28,30H,1,13-14,25-26H2/b19-11-/t17-,18?/m0/s1. The van der Waals surface area contributed by atoms with Gasteiger partial charge in [-0.05, 0) is 42.5 Å². The number of phenols is 1. The zero-order valence-corrected chi connectivity index (χ0v) is 17.0. The molecule has 3 aromatic rings. The molecule has 2 aromatic heterocycles. The first-order chi connectivity index (χ1) is 15.0. The van der Waals surface area contributed by atoms with Crippen molar-refractivity contribution in [2.24, 2.45) is 5.73 Å². The van der Waals surface area contributed by atoms with Gasteiger partial charge in [0.05, 0.1) is 0 Å². The highest BCUT2D eigenvalue weighted by molar-refractivity contribution is 5.87.